The first-order valence-electron chi connectivity index (χ1n) is 6.86. The Bertz CT molecular complexity index is 529. The van der Waals surface area contributed by atoms with E-state index < -0.39 is 5.97 Å². The molecule has 0 atom stereocenters. The highest BCUT2D eigenvalue weighted by Gasteiger charge is 2.19. The van der Waals surface area contributed by atoms with Crippen LogP contribution in [0.1, 0.15) is 13.3 Å². The molecule has 0 aliphatic carbocycles. The summed E-state index contributed by atoms with van der Waals surface area (Å²) in [6.07, 6.45) is 4.15. The van der Waals surface area contributed by atoms with Gasteiger partial charge in [0.25, 0.3) is 5.56 Å². The minimum Gasteiger partial charge on any atom is -0.480 e. The van der Waals surface area contributed by atoms with E-state index in [4.69, 9.17) is 5.11 Å². The Morgan fingerprint density at radius 1 is 1.35 bits per heavy atom. The lowest BCUT2D eigenvalue weighted by atomic mass is 10.4. The molecule has 7 heteroatoms. The molecule has 0 spiro atoms. The second-order valence-electron chi connectivity index (χ2n) is 4.85. The molecular formula is C13H20N4O3. The standard InChI is InChI=1S/C13H20N4O3/c1-2-16-7-4-14-12(13(16)20)17-6-3-5-15(8-9-17)10-11(18)19/h4,7H,2-3,5-6,8-10H2,1H3,(H,18,19). The zero-order valence-electron chi connectivity index (χ0n) is 11.7. The van der Waals surface area contributed by atoms with Gasteiger partial charge in [-0.1, -0.05) is 0 Å². The maximum absolute atomic E-state index is 12.2. The van der Waals surface area contributed by atoms with Crippen molar-refractivity contribution in [1.82, 2.24) is 14.5 Å². The van der Waals surface area contributed by atoms with Gasteiger partial charge in [0.2, 0.25) is 0 Å². The zero-order chi connectivity index (χ0) is 14.5. The van der Waals surface area contributed by atoms with E-state index in [1.54, 1.807) is 17.0 Å². The van der Waals surface area contributed by atoms with E-state index in [0.29, 0.717) is 25.5 Å². The number of carboxylic acids is 1. The van der Waals surface area contributed by atoms with Crippen molar-refractivity contribution in [2.45, 2.75) is 19.9 Å². The Hall–Kier alpha value is -1.89. The van der Waals surface area contributed by atoms with Crippen LogP contribution in [-0.4, -0.2) is 58.3 Å². The summed E-state index contributed by atoms with van der Waals surface area (Å²) in [6, 6.07) is 0. The molecule has 1 aliphatic heterocycles. The predicted molar refractivity (Wildman–Crippen MR) is 75.1 cm³/mol. The summed E-state index contributed by atoms with van der Waals surface area (Å²) in [6.45, 7) is 5.31. The SMILES string of the molecule is CCn1ccnc(N2CCCN(CC(=O)O)CC2)c1=O. The molecule has 2 rings (SSSR count). The number of hydrogen-bond acceptors (Lipinski definition) is 5. The van der Waals surface area contributed by atoms with E-state index >= 15 is 0 Å². The average Bonchev–Trinajstić information content (AvgIpc) is 2.64. The molecule has 7 nitrogen and oxygen atoms in total. The van der Waals surface area contributed by atoms with Gasteiger partial charge in [0.15, 0.2) is 5.82 Å². The Labute approximate surface area is 117 Å². The summed E-state index contributed by atoms with van der Waals surface area (Å²) in [4.78, 5) is 31.0. The third-order valence-corrected chi connectivity index (χ3v) is 3.48. The largest absolute Gasteiger partial charge is 0.480 e. The van der Waals surface area contributed by atoms with Crippen molar-refractivity contribution in [3.05, 3.63) is 22.7 Å². The molecule has 1 aromatic heterocycles. The summed E-state index contributed by atoms with van der Waals surface area (Å²) in [5.41, 5.74) is -0.0818. The summed E-state index contributed by atoms with van der Waals surface area (Å²) in [7, 11) is 0. The number of anilines is 1. The van der Waals surface area contributed by atoms with Gasteiger partial charge >= 0.3 is 5.97 Å². The lowest BCUT2D eigenvalue weighted by molar-refractivity contribution is -0.138. The molecule has 110 valence electrons. The number of aryl methyl sites for hydroxylation is 1. The van der Waals surface area contributed by atoms with Crippen molar-refractivity contribution in [2.75, 3.05) is 37.6 Å². The molecular weight excluding hydrogens is 260 g/mol. The van der Waals surface area contributed by atoms with E-state index in [2.05, 4.69) is 4.98 Å². The minimum absolute atomic E-state index is 0.0508. The smallest absolute Gasteiger partial charge is 0.317 e. The fourth-order valence-electron chi connectivity index (χ4n) is 2.43. The van der Waals surface area contributed by atoms with Gasteiger partial charge in [-0.25, -0.2) is 4.98 Å². The van der Waals surface area contributed by atoms with Crippen LogP contribution in [0.5, 0.6) is 0 Å². The predicted octanol–water partition coefficient (Wildman–Crippen LogP) is -0.140. The average molecular weight is 280 g/mol. The van der Waals surface area contributed by atoms with Crippen LogP contribution in [0.15, 0.2) is 17.2 Å². The van der Waals surface area contributed by atoms with Crippen molar-refractivity contribution >= 4 is 11.8 Å². The Morgan fingerprint density at radius 3 is 2.85 bits per heavy atom. The molecule has 20 heavy (non-hydrogen) atoms. The lowest BCUT2D eigenvalue weighted by Crippen LogP contribution is -2.37. The van der Waals surface area contributed by atoms with Gasteiger partial charge < -0.3 is 14.6 Å². The fraction of sp³-hybridized carbons (Fsp3) is 0.615. The van der Waals surface area contributed by atoms with Crippen LogP contribution in [0.3, 0.4) is 0 Å². The van der Waals surface area contributed by atoms with Crippen molar-refractivity contribution < 1.29 is 9.90 Å². The molecule has 0 unspecified atom stereocenters. The van der Waals surface area contributed by atoms with Crippen molar-refractivity contribution in [3.63, 3.8) is 0 Å². The van der Waals surface area contributed by atoms with Gasteiger partial charge in [0, 0.05) is 45.1 Å². The third-order valence-electron chi connectivity index (χ3n) is 3.48. The normalized spacial score (nSPS) is 16.9. The first-order valence-corrected chi connectivity index (χ1v) is 6.86. The minimum atomic E-state index is -0.815. The summed E-state index contributed by atoms with van der Waals surface area (Å²) in [5.74, 6) is -0.351. The van der Waals surface area contributed by atoms with Crippen molar-refractivity contribution in [3.8, 4) is 0 Å². The van der Waals surface area contributed by atoms with Gasteiger partial charge in [-0.05, 0) is 13.3 Å². The van der Waals surface area contributed by atoms with E-state index in [-0.39, 0.29) is 12.1 Å². The molecule has 1 fully saturated rings. The van der Waals surface area contributed by atoms with Gasteiger partial charge in [-0.15, -0.1) is 0 Å². The van der Waals surface area contributed by atoms with Crippen LogP contribution < -0.4 is 10.5 Å². The van der Waals surface area contributed by atoms with Crippen molar-refractivity contribution in [1.29, 1.82) is 0 Å². The number of rotatable bonds is 4. The van der Waals surface area contributed by atoms with Gasteiger partial charge in [0.05, 0.1) is 6.54 Å². The molecule has 0 bridgehead atoms. The third kappa shape index (κ3) is 3.36. The number of carbonyl (C=O) groups is 1. The topological polar surface area (TPSA) is 78.7 Å². The fourth-order valence-corrected chi connectivity index (χ4v) is 2.43. The first-order chi connectivity index (χ1) is 9.61. The van der Waals surface area contributed by atoms with Crippen LogP contribution >= 0.6 is 0 Å². The Balaban J connectivity index is 2.11. The second kappa shape index (κ2) is 6.51. The van der Waals surface area contributed by atoms with Gasteiger partial charge in [0.1, 0.15) is 0 Å². The molecule has 0 radical (unpaired) electrons. The maximum atomic E-state index is 12.2. The van der Waals surface area contributed by atoms with Crippen LogP contribution in [0.2, 0.25) is 0 Å². The summed E-state index contributed by atoms with van der Waals surface area (Å²) >= 11 is 0. The van der Waals surface area contributed by atoms with E-state index in [9.17, 15) is 9.59 Å². The van der Waals surface area contributed by atoms with Gasteiger partial charge in [-0.2, -0.15) is 0 Å². The van der Waals surface area contributed by atoms with E-state index in [1.807, 2.05) is 16.7 Å². The quantitative estimate of drug-likeness (QED) is 0.827. The highest BCUT2D eigenvalue weighted by atomic mass is 16.4. The van der Waals surface area contributed by atoms with Crippen LogP contribution in [0.25, 0.3) is 0 Å². The number of aliphatic carboxylic acids is 1. The highest BCUT2D eigenvalue weighted by molar-refractivity contribution is 5.69. The maximum Gasteiger partial charge on any atom is 0.317 e. The van der Waals surface area contributed by atoms with Crippen molar-refractivity contribution in [2.24, 2.45) is 0 Å². The number of carboxylic acid groups (broad SMARTS) is 1. The van der Waals surface area contributed by atoms with E-state index in [1.165, 1.54) is 0 Å². The number of nitrogens with zero attached hydrogens (tertiary/aromatic N) is 4. The molecule has 1 aromatic rings. The van der Waals surface area contributed by atoms with Crippen LogP contribution in [-0.2, 0) is 11.3 Å². The zero-order valence-corrected chi connectivity index (χ0v) is 11.7. The molecule has 0 saturated carbocycles. The molecule has 2 heterocycles. The summed E-state index contributed by atoms with van der Waals surface area (Å²) in [5, 5.41) is 8.83. The lowest BCUT2D eigenvalue weighted by Gasteiger charge is -2.21. The van der Waals surface area contributed by atoms with E-state index in [0.717, 1.165) is 19.5 Å². The van der Waals surface area contributed by atoms with Gasteiger partial charge in [-0.3, -0.25) is 14.5 Å². The Kier molecular flexibility index (Phi) is 4.73. The second-order valence-corrected chi connectivity index (χ2v) is 4.85. The molecule has 0 aromatic carbocycles. The molecule has 1 aliphatic rings. The Morgan fingerprint density at radius 2 is 2.15 bits per heavy atom. The first kappa shape index (κ1) is 14.5. The highest BCUT2D eigenvalue weighted by Crippen LogP contribution is 2.09. The number of hydrogen-bond donors (Lipinski definition) is 1. The molecule has 0 amide bonds. The molecule has 1 saturated heterocycles. The monoisotopic (exact) mass is 280 g/mol. The van der Waals surface area contributed by atoms with Crippen LogP contribution in [0, 0.1) is 0 Å². The molecule has 1 N–H and O–H groups in total. The van der Waals surface area contributed by atoms with Crippen LogP contribution in [0.4, 0.5) is 5.82 Å². The summed E-state index contributed by atoms with van der Waals surface area (Å²) < 4.78 is 1.63. The number of aromatic nitrogens is 2.